The Balaban J connectivity index is 2.12. The van der Waals surface area contributed by atoms with Gasteiger partial charge in [-0.15, -0.1) is 0 Å². The number of carbonyl (C=O) groups is 1. The van der Waals surface area contributed by atoms with E-state index in [9.17, 15) is 13.2 Å². The molecule has 2 rings (SSSR count). The summed E-state index contributed by atoms with van der Waals surface area (Å²) in [6, 6.07) is 1.98. The average Bonchev–Trinajstić information content (AvgIpc) is 2.51. The van der Waals surface area contributed by atoms with Crippen LogP contribution in [0.1, 0.15) is 33.6 Å². The van der Waals surface area contributed by atoms with Crippen LogP contribution in [0, 0.1) is 0 Å². The molecular formula is C18H32N4O4SSn. The number of rotatable bonds is 4. The van der Waals surface area contributed by atoms with Crippen molar-refractivity contribution in [3.05, 3.63) is 6.07 Å². The van der Waals surface area contributed by atoms with E-state index in [2.05, 4.69) is 35.0 Å². The van der Waals surface area contributed by atoms with E-state index in [0.29, 0.717) is 18.9 Å². The molecule has 8 nitrogen and oxygen atoms in total. The molecule has 0 radical (unpaired) electrons. The van der Waals surface area contributed by atoms with Crippen molar-refractivity contribution in [1.82, 2.24) is 15.3 Å². The third-order valence-electron chi connectivity index (χ3n) is 4.33. The third-order valence-corrected chi connectivity index (χ3v) is 10.3. The molecule has 1 fully saturated rings. The number of alkyl carbamates (subject to hydrolysis) is 1. The number of nitrogens with zero attached hydrogens (tertiary/aromatic N) is 3. The first-order valence-electron chi connectivity index (χ1n) is 9.49. The van der Waals surface area contributed by atoms with Gasteiger partial charge in [0.1, 0.15) is 0 Å². The molecule has 1 aromatic heterocycles. The van der Waals surface area contributed by atoms with Crippen molar-refractivity contribution in [1.29, 1.82) is 0 Å². The van der Waals surface area contributed by atoms with Crippen LogP contribution in [0.4, 0.5) is 10.6 Å². The van der Waals surface area contributed by atoms with Crippen molar-refractivity contribution in [2.45, 2.75) is 65.2 Å². The Kier molecular flexibility index (Phi) is 6.90. The van der Waals surface area contributed by atoms with Crippen LogP contribution in [0.25, 0.3) is 0 Å². The molecule has 0 bridgehead atoms. The third kappa shape index (κ3) is 6.75. The summed E-state index contributed by atoms with van der Waals surface area (Å²) in [4.78, 5) is 29.3. The van der Waals surface area contributed by atoms with Crippen LogP contribution in [-0.2, 0) is 14.6 Å². The second kappa shape index (κ2) is 8.33. The number of amides is 1. The minimum absolute atomic E-state index is 0.0311. The second-order valence-corrected chi connectivity index (χ2v) is 25.5. The first-order chi connectivity index (χ1) is 12.6. The van der Waals surface area contributed by atoms with Gasteiger partial charge in [0.15, 0.2) is 0 Å². The van der Waals surface area contributed by atoms with E-state index in [1.165, 1.54) is 0 Å². The van der Waals surface area contributed by atoms with Crippen LogP contribution in [-0.4, -0.2) is 73.8 Å². The van der Waals surface area contributed by atoms with Crippen LogP contribution in [0.5, 0.6) is 0 Å². The van der Waals surface area contributed by atoms with Crippen molar-refractivity contribution in [3.8, 4) is 0 Å². The molecule has 158 valence electrons. The zero-order chi connectivity index (χ0) is 21.3. The van der Waals surface area contributed by atoms with Crippen molar-refractivity contribution in [3.63, 3.8) is 0 Å². The molecule has 10 heteroatoms. The average molecular weight is 519 g/mol. The fourth-order valence-corrected chi connectivity index (χ4v) is 6.47. The Bertz CT molecular complexity index is 823. The maximum absolute atomic E-state index is 12.1. The summed E-state index contributed by atoms with van der Waals surface area (Å²) in [7, 11) is -3.48. The molecule has 0 unspecified atom stereocenters. The van der Waals surface area contributed by atoms with Crippen molar-refractivity contribution < 1.29 is 17.9 Å². The van der Waals surface area contributed by atoms with Crippen LogP contribution < -0.4 is 13.9 Å². The van der Waals surface area contributed by atoms with Gasteiger partial charge in [0, 0.05) is 0 Å². The van der Waals surface area contributed by atoms with Crippen LogP contribution in [0.3, 0.4) is 0 Å². The Labute approximate surface area is 172 Å². The monoisotopic (exact) mass is 520 g/mol. The summed E-state index contributed by atoms with van der Waals surface area (Å²) in [5, 5.41) is 2.82. The number of hydrogen-bond donors (Lipinski definition) is 1. The molecular weight excluding hydrogens is 487 g/mol. The number of aromatic nitrogens is 2. The molecule has 1 amide bonds. The summed E-state index contributed by atoms with van der Waals surface area (Å²) in [6.07, 6.45) is 2.22. The Hall–Kier alpha value is -1.10. The Morgan fingerprint density at radius 2 is 1.79 bits per heavy atom. The first-order valence-corrected chi connectivity index (χ1v) is 21.4. The van der Waals surface area contributed by atoms with E-state index in [0.717, 1.165) is 22.8 Å². The Morgan fingerprint density at radius 3 is 2.25 bits per heavy atom. The number of carbonyl (C=O) groups excluding carboxylic acids is 1. The molecule has 28 heavy (non-hydrogen) atoms. The quantitative estimate of drug-likeness (QED) is 0.479. The SMILES string of the molecule is CC(C)(C)OC(=O)NC1CCN(c2c[c]([Sn]([CH3])([CH3])[CH3])nc(S(C)(=O)=O)n2)CC1. The number of piperidine rings is 1. The zero-order valence-electron chi connectivity index (χ0n) is 17.9. The molecule has 0 spiro atoms. The molecule has 0 aliphatic carbocycles. The minimum atomic E-state index is -3.48. The summed E-state index contributed by atoms with van der Waals surface area (Å²) in [5.74, 6) is 0.660. The number of hydrogen-bond acceptors (Lipinski definition) is 7. The number of anilines is 1. The van der Waals surface area contributed by atoms with Gasteiger partial charge in [-0.2, -0.15) is 0 Å². The van der Waals surface area contributed by atoms with E-state index in [1.807, 2.05) is 26.8 Å². The van der Waals surface area contributed by atoms with Crippen LogP contribution in [0.2, 0.25) is 14.8 Å². The summed E-state index contributed by atoms with van der Waals surface area (Å²) in [5.41, 5.74) is -0.525. The Morgan fingerprint density at radius 1 is 1.21 bits per heavy atom. The molecule has 1 saturated heterocycles. The van der Waals surface area contributed by atoms with Crippen molar-refractivity contribution in [2.24, 2.45) is 0 Å². The summed E-state index contributed by atoms with van der Waals surface area (Å²) < 4.78 is 30.3. The van der Waals surface area contributed by atoms with Crippen LogP contribution in [0.15, 0.2) is 11.2 Å². The van der Waals surface area contributed by atoms with Crippen LogP contribution >= 0.6 is 0 Å². The zero-order valence-corrected chi connectivity index (χ0v) is 21.5. The van der Waals surface area contributed by atoms with Gasteiger partial charge in [0.2, 0.25) is 0 Å². The number of ether oxygens (including phenoxy) is 1. The molecule has 0 saturated carbocycles. The number of nitrogens with one attached hydrogen (secondary N) is 1. The topological polar surface area (TPSA) is 101 Å². The maximum atomic E-state index is 12.1. The summed E-state index contributed by atoms with van der Waals surface area (Å²) in [6.45, 7) is 6.87. The van der Waals surface area contributed by atoms with Gasteiger partial charge < -0.3 is 0 Å². The van der Waals surface area contributed by atoms with E-state index in [1.54, 1.807) is 0 Å². The van der Waals surface area contributed by atoms with Crippen molar-refractivity contribution in [2.75, 3.05) is 24.2 Å². The van der Waals surface area contributed by atoms with Gasteiger partial charge in [0.25, 0.3) is 0 Å². The van der Waals surface area contributed by atoms with E-state index < -0.39 is 39.9 Å². The molecule has 1 aliphatic heterocycles. The van der Waals surface area contributed by atoms with E-state index in [-0.39, 0.29) is 11.2 Å². The molecule has 1 aliphatic rings. The standard InChI is InChI=1S/C15H23N4O4S.3CH3.Sn/c1-15(2,3)23-14(20)17-11-6-9-19(10-7-11)12-5-8-16-13(18-12)24(4,21)22;;;;/h5,11H,6-7,9-10H2,1-4H3,(H,17,20);3*1H3;. The molecule has 2 heterocycles. The van der Waals surface area contributed by atoms with Gasteiger partial charge >= 0.3 is 173 Å². The molecule has 0 atom stereocenters. The molecule has 0 aromatic carbocycles. The second-order valence-electron chi connectivity index (χ2n) is 9.32. The fourth-order valence-electron chi connectivity index (χ4n) is 2.85. The molecule has 1 N–H and O–H groups in total. The van der Waals surface area contributed by atoms with Gasteiger partial charge in [0.05, 0.1) is 0 Å². The van der Waals surface area contributed by atoms with Gasteiger partial charge in [-0.05, 0) is 0 Å². The van der Waals surface area contributed by atoms with Crippen molar-refractivity contribution >= 4 is 43.8 Å². The predicted octanol–water partition coefficient (Wildman–Crippen LogP) is 1.92. The van der Waals surface area contributed by atoms with E-state index >= 15 is 0 Å². The van der Waals surface area contributed by atoms with E-state index in [4.69, 9.17) is 4.74 Å². The first kappa shape index (κ1) is 23.2. The fraction of sp³-hybridized carbons (Fsp3) is 0.722. The summed E-state index contributed by atoms with van der Waals surface area (Å²) >= 11 is -2.59. The number of sulfone groups is 1. The predicted molar refractivity (Wildman–Crippen MR) is 113 cm³/mol. The van der Waals surface area contributed by atoms with Gasteiger partial charge in [-0.1, -0.05) is 0 Å². The van der Waals surface area contributed by atoms with Gasteiger partial charge in [-0.3, -0.25) is 0 Å². The van der Waals surface area contributed by atoms with Gasteiger partial charge in [-0.25, -0.2) is 0 Å². The molecule has 1 aromatic rings. The normalized spacial score (nSPS) is 16.8.